The first-order valence-corrected chi connectivity index (χ1v) is 8.60. The summed E-state index contributed by atoms with van der Waals surface area (Å²) in [4.78, 5) is 21.4. The molecule has 0 spiro atoms. The minimum absolute atomic E-state index is 0.126. The molecule has 1 fully saturated rings. The van der Waals surface area contributed by atoms with Crippen molar-refractivity contribution in [3.05, 3.63) is 47.6 Å². The molecule has 0 atom stereocenters. The van der Waals surface area contributed by atoms with Gasteiger partial charge < -0.3 is 14.4 Å². The van der Waals surface area contributed by atoms with Gasteiger partial charge in [-0.05, 0) is 6.07 Å². The summed E-state index contributed by atoms with van der Waals surface area (Å²) >= 11 is 1.65. The number of piperazine rings is 1. The summed E-state index contributed by atoms with van der Waals surface area (Å²) in [6.07, 6.45) is 3.77. The summed E-state index contributed by atoms with van der Waals surface area (Å²) in [6, 6.07) is 8.06. The summed E-state index contributed by atoms with van der Waals surface area (Å²) in [6.45, 7) is 3.15. The van der Waals surface area contributed by atoms with E-state index in [1.807, 2.05) is 58.6 Å². The predicted molar refractivity (Wildman–Crippen MR) is 93.1 cm³/mol. The number of rotatable bonds is 2. The molecule has 0 N–H and O–H groups in total. The molecular formula is C17H18N4OS. The van der Waals surface area contributed by atoms with E-state index in [2.05, 4.69) is 9.88 Å². The Morgan fingerprint density at radius 1 is 1.17 bits per heavy atom. The van der Waals surface area contributed by atoms with Crippen molar-refractivity contribution >= 4 is 33.3 Å². The number of para-hydroxylation sites is 1. The Labute approximate surface area is 138 Å². The summed E-state index contributed by atoms with van der Waals surface area (Å²) < 4.78 is 2.02. The first-order chi connectivity index (χ1) is 11.2. The van der Waals surface area contributed by atoms with Gasteiger partial charge in [-0.2, -0.15) is 0 Å². The number of fused-ring (bicyclic) bond motifs is 1. The van der Waals surface area contributed by atoms with Crippen LogP contribution in [0.3, 0.4) is 0 Å². The second-order valence-corrected chi connectivity index (χ2v) is 6.64. The molecule has 0 unspecified atom stereocenters. The van der Waals surface area contributed by atoms with Gasteiger partial charge in [-0.25, -0.2) is 4.98 Å². The van der Waals surface area contributed by atoms with E-state index in [0.29, 0.717) is 0 Å². The van der Waals surface area contributed by atoms with E-state index in [4.69, 9.17) is 0 Å². The first-order valence-electron chi connectivity index (χ1n) is 7.72. The number of thiazole rings is 1. The van der Waals surface area contributed by atoms with Crippen LogP contribution in [0.25, 0.3) is 10.9 Å². The molecular weight excluding hydrogens is 308 g/mol. The molecule has 0 radical (unpaired) electrons. The minimum atomic E-state index is 0.126. The molecule has 0 bridgehead atoms. The fourth-order valence-corrected chi connectivity index (χ4v) is 3.85. The van der Waals surface area contributed by atoms with E-state index < -0.39 is 0 Å². The SMILES string of the molecule is Cn1cc(C(=O)N2CCN(c3nccs3)CC2)c2ccccc21. The van der Waals surface area contributed by atoms with Crippen molar-refractivity contribution in [3.63, 3.8) is 0 Å². The van der Waals surface area contributed by atoms with Crippen molar-refractivity contribution in [2.75, 3.05) is 31.1 Å². The molecule has 3 heterocycles. The summed E-state index contributed by atoms with van der Waals surface area (Å²) in [7, 11) is 1.99. The lowest BCUT2D eigenvalue weighted by atomic mass is 10.1. The first kappa shape index (κ1) is 14.3. The quantitative estimate of drug-likeness (QED) is 0.727. The van der Waals surface area contributed by atoms with Crippen LogP contribution in [0, 0.1) is 0 Å². The largest absolute Gasteiger partial charge is 0.350 e. The van der Waals surface area contributed by atoms with Crippen LogP contribution in [-0.4, -0.2) is 46.5 Å². The number of carbonyl (C=O) groups is 1. The maximum Gasteiger partial charge on any atom is 0.256 e. The van der Waals surface area contributed by atoms with E-state index in [1.54, 1.807) is 11.3 Å². The molecule has 6 heteroatoms. The minimum Gasteiger partial charge on any atom is -0.350 e. The summed E-state index contributed by atoms with van der Waals surface area (Å²) in [5, 5.41) is 4.06. The van der Waals surface area contributed by atoms with Crippen LogP contribution < -0.4 is 4.90 Å². The highest BCUT2D eigenvalue weighted by atomic mass is 32.1. The highest BCUT2D eigenvalue weighted by Crippen LogP contribution is 2.23. The van der Waals surface area contributed by atoms with Gasteiger partial charge in [-0.3, -0.25) is 4.79 Å². The number of anilines is 1. The van der Waals surface area contributed by atoms with Crippen LogP contribution in [0.5, 0.6) is 0 Å². The molecule has 1 aromatic carbocycles. The Morgan fingerprint density at radius 2 is 1.96 bits per heavy atom. The highest BCUT2D eigenvalue weighted by molar-refractivity contribution is 7.13. The van der Waals surface area contributed by atoms with Crippen molar-refractivity contribution < 1.29 is 4.79 Å². The molecule has 3 aromatic rings. The molecule has 1 aliphatic rings. The van der Waals surface area contributed by atoms with Crippen molar-refractivity contribution in [1.29, 1.82) is 0 Å². The third-order valence-corrected chi connectivity index (χ3v) is 5.22. The second kappa shape index (κ2) is 5.70. The van der Waals surface area contributed by atoms with Gasteiger partial charge in [0.2, 0.25) is 0 Å². The fourth-order valence-electron chi connectivity index (χ4n) is 3.16. The molecule has 1 aliphatic heterocycles. The predicted octanol–water partition coefficient (Wildman–Crippen LogP) is 2.60. The normalized spacial score (nSPS) is 15.3. The third-order valence-electron chi connectivity index (χ3n) is 4.38. The number of aryl methyl sites for hydroxylation is 1. The van der Waals surface area contributed by atoms with E-state index in [0.717, 1.165) is 47.8 Å². The van der Waals surface area contributed by atoms with Crippen molar-refractivity contribution in [2.45, 2.75) is 0 Å². The zero-order valence-corrected chi connectivity index (χ0v) is 13.8. The molecule has 2 aromatic heterocycles. The van der Waals surface area contributed by atoms with Crippen LogP contribution in [-0.2, 0) is 7.05 Å². The van der Waals surface area contributed by atoms with Gasteiger partial charge in [0, 0.05) is 61.9 Å². The lowest BCUT2D eigenvalue weighted by molar-refractivity contribution is 0.0748. The Morgan fingerprint density at radius 3 is 2.70 bits per heavy atom. The van der Waals surface area contributed by atoms with Gasteiger partial charge in [0.15, 0.2) is 5.13 Å². The monoisotopic (exact) mass is 326 g/mol. The van der Waals surface area contributed by atoms with E-state index >= 15 is 0 Å². The lowest BCUT2D eigenvalue weighted by Crippen LogP contribution is -2.48. The molecule has 0 saturated carbocycles. The molecule has 5 nitrogen and oxygen atoms in total. The molecule has 1 amide bonds. The smallest absolute Gasteiger partial charge is 0.256 e. The van der Waals surface area contributed by atoms with Crippen LogP contribution in [0.2, 0.25) is 0 Å². The van der Waals surface area contributed by atoms with Crippen molar-refractivity contribution in [2.24, 2.45) is 7.05 Å². The topological polar surface area (TPSA) is 41.4 Å². The number of hydrogen-bond acceptors (Lipinski definition) is 4. The zero-order chi connectivity index (χ0) is 15.8. The average molecular weight is 326 g/mol. The summed E-state index contributed by atoms with van der Waals surface area (Å²) in [5.74, 6) is 0.126. The fraction of sp³-hybridized carbons (Fsp3) is 0.294. The molecule has 118 valence electrons. The molecule has 0 aliphatic carbocycles. The number of aromatic nitrogens is 2. The van der Waals surface area contributed by atoms with E-state index in [9.17, 15) is 4.79 Å². The van der Waals surface area contributed by atoms with Crippen LogP contribution in [0.15, 0.2) is 42.0 Å². The maximum atomic E-state index is 12.9. The third kappa shape index (κ3) is 2.49. The molecule has 1 saturated heterocycles. The van der Waals surface area contributed by atoms with Gasteiger partial charge in [-0.15, -0.1) is 11.3 Å². The number of amides is 1. The Kier molecular flexibility index (Phi) is 3.53. The lowest BCUT2D eigenvalue weighted by Gasteiger charge is -2.34. The van der Waals surface area contributed by atoms with E-state index in [-0.39, 0.29) is 5.91 Å². The Hall–Kier alpha value is -2.34. The number of hydrogen-bond donors (Lipinski definition) is 0. The standard InChI is InChI=1S/C17H18N4OS/c1-19-12-14(13-4-2-3-5-15(13)19)16(22)20-7-9-21(10-8-20)17-18-6-11-23-17/h2-6,11-12H,7-10H2,1H3. The maximum absolute atomic E-state index is 12.9. The van der Waals surface area contributed by atoms with Gasteiger partial charge >= 0.3 is 0 Å². The highest BCUT2D eigenvalue weighted by Gasteiger charge is 2.25. The average Bonchev–Trinajstić information content (AvgIpc) is 3.23. The molecule has 4 rings (SSSR count). The van der Waals surface area contributed by atoms with Gasteiger partial charge in [0.05, 0.1) is 5.56 Å². The van der Waals surface area contributed by atoms with Crippen molar-refractivity contribution in [3.8, 4) is 0 Å². The van der Waals surface area contributed by atoms with Crippen molar-refractivity contribution in [1.82, 2.24) is 14.5 Å². The van der Waals surface area contributed by atoms with E-state index in [1.165, 1.54) is 0 Å². The number of carbonyl (C=O) groups excluding carboxylic acids is 1. The molecule has 23 heavy (non-hydrogen) atoms. The van der Waals surface area contributed by atoms with Crippen LogP contribution >= 0.6 is 11.3 Å². The number of nitrogens with zero attached hydrogens (tertiary/aromatic N) is 4. The van der Waals surface area contributed by atoms with Gasteiger partial charge in [0.1, 0.15) is 0 Å². The zero-order valence-electron chi connectivity index (χ0n) is 13.0. The Bertz CT molecular complexity index is 832. The van der Waals surface area contributed by atoms with Gasteiger partial charge in [0.25, 0.3) is 5.91 Å². The Balaban J connectivity index is 1.54. The van der Waals surface area contributed by atoms with Crippen LogP contribution in [0.4, 0.5) is 5.13 Å². The summed E-state index contributed by atoms with van der Waals surface area (Å²) in [5.41, 5.74) is 1.89. The van der Waals surface area contributed by atoms with Crippen LogP contribution in [0.1, 0.15) is 10.4 Å². The van der Waals surface area contributed by atoms with Gasteiger partial charge in [-0.1, -0.05) is 18.2 Å². The second-order valence-electron chi connectivity index (χ2n) is 5.76. The number of benzene rings is 1.